The maximum absolute atomic E-state index is 12.4. The summed E-state index contributed by atoms with van der Waals surface area (Å²) < 4.78 is 5.33. The van der Waals surface area contributed by atoms with Crippen LogP contribution in [0, 0.1) is 5.41 Å². The number of thioether (sulfide) groups is 1. The third kappa shape index (κ3) is 2.84. The largest absolute Gasteiger partial charge is 0.462 e. The third-order valence-corrected chi connectivity index (χ3v) is 4.83. The van der Waals surface area contributed by atoms with Crippen LogP contribution in [0.2, 0.25) is 0 Å². The number of aliphatic imine (C=N–C) groups is 1. The van der Waals surface area contributed by atoms with Crippen LogP contribution in [0.15, 0.2) is 62.7 Å². The molecule has 0 aliphatic carbocycles. The van der Waals surface area contributed by atoms with E-state index in [-0.39, 0.29) is 11.4 Å². The molecule has 1 aromatic carbocycles. The van der Waals surface area contributed by atoms with Crippen molar-refractivity contribution in [3.05, 3.63) is 59.6 Å². The predicted molar refractivity (Wildman–Crippen MR) is 104 cm³/mol. The summed E-state index contributed by atoms with van der Waals surface area (Å²) in [5.41, 5.74) is 2.09. The number of amidine groups is 2. The summed E-state index contributed by atoms with van der Waals surface area (Å²) in [6.07, 6.45) is 3.21. The Labute approximate surface area is 154 Å². The molecule has 7 nitrogen and oxygen atoms in total. The molecule has 0 saturated carbocycles. The number of rotatable bonds is 3. The van der Waals surface area contributed by atoms with Gasteiger partial charge in [0, 0.05) is 19.8 Å². The first-order valence-corrected chi connectivity index (χ1v) is 8.66. The topological polar surface area (TPSA) is 85.3 Å². The molecule has 0 saturated heterocycles. The van der Waals surface area contributed by atoms with E-state index < -0.39 is 5.91 Å². The number of hydrogen-bond acceptors (Lipinski definition) is 6. The quantitative estimate of drug-likeness (QED) is 0.845. The molecule has 26 heavy (non-hydrogen) atoms. The van der Waals surface area contributed by atoms with E-state index in [0.717, 1.165) is 11.3 Å². The number of hydrazone groups is 1. The Morgan fingerprint density at radius 3 is 2.65 bits per heavy atom. The van der Waals surface area contributed by atoms with Gasteiger partial charge in [0.2, 0.25) is 5.17 Å². The molecule has 0 radical (unpaired) electrons. The minimum absolute atomic E-state index is 0.00532. The monoisotopic (exact) mass is 365 g/mol. The van der Waals surface area contributed by atoms with Gasteiger partial charge in [-0.15, -0.1) is 0 Å². The molecule has 0 fully saturated rings. The third-order valence-electron chi connectivity index (χ3n) is 3.91. The summed E-state index contributed by atoms with van der Waals surface area (Å²) in [6.45, 7) is 0. The number of carbonyl (C=O) groups is 1. The van der Waals surface area contributed by atoms with Crippen molar-refractivity contribution in [2.75, 3.05) is 19.0 Å². The Balaban J connectivity index is 1.65. The van der Waals surface area contributed by atoms with Crippen LogP contribution >= 0.6 is 11.8 Å². The minimum Gasteiger partial charge on any atom is -0.462 e. The molecule has 0 unspecified atom stereocenters. The van der Waals surface area contributed by atoms with Crippen molar-refractivity contribution in [2.24, 2.45) is 10.1 Å². The average Bonchev–Trinajstić information content (AvgIpc) is 3.28. The number of amides is 1. The second kappa shape index (κ2) is 6.30. The highest BCUT2D eigenvalue weighted by atomic mass is 32.2. The molecule has 3 heterocycles. The molecule has 130 valence electrons. The molecule has 2 aliphatic heterocycles. The van der Waals surface area contributed by atoms with Crippen molar-refractivity contribution < 1.29 is 9.21 Å². The molecule has 0 bridgehead atoms. The SMILES string of the molecule is CN(C)c1ccc(C=C2C(=N)N3N=C(c4ccco4)SC3=NC2=O)cc1. The highest BCUT2D eigenvalue weighted by molar-refractivity contribution is 8.27. The second-order valence-electron chi connectivity index (χ2n) is 5.89. The van der Waals surface area contributed by atoms with Crippen LogP contribution in [-0.2, 0) is 4.79 Å². The van der Waals surface area contributed by atoms with Gasteiger partial charge < -0.3 is 9.32 Å². The predicted octanol–water partition coefficient (Wildman–Crippen LogP) is 3.01. The van der Waals surface area contributed by atoms with Crippen molar-refractivity contribution >= 4 is 45.5 Å². The Morgan fingerprint density at radius 2 is 2.00 bits per heavy atom. The number of hydrogen-bond donors (Lipinski definition) is 1. The van der Waals surface area contributed by atoms with Crippen LogP contribution in [0.25, 0.3) is 6.08 Å². The Hall–Kier alpha value is -3.13. The average molecular weight is 365 g/mol. The molecular formula is C18H15N5O2S. The first kappa shape index (κ1) is 16.3. The fourth-order valence-corrected chi connectivity index (χ4v) is 3.39. The van der Waals surface area contributed by atoms with E-state index in [1.165, 1.54) is 16.8 Å². The van der Waals surface area contributed by atoms with Gasteiger partial charge in [0.05, 0.1) is 11.8 Å². The van der Waals surface area contributed by atoms with Crippen molar-refractivity contribution in [2.45, 2.75) is 0 Å². The first-order chi connectivity index (χ1) is 12.5. The van der Waals surface area contributed by atoms with Crippen molar-refractivity contribution in [1.29, 1.82) is 5.41 Å². The Morgan fingerprint density at radius 1 is 1.23 bits per heavy atom. The number of anilines is 1. The van der Waals surface area contributed by atoms with E-state index in [2.05, 4.69) is 10.1 Å². The lowest BCUT2D eigenvalue weighted by atomic mass is 10.1. The Kier molecular flexibility index (Phi) is 3.96. The van der Waals surface area contributed by atoms with Gasteiger partial charge in [-0.25, -0.2) is 0 Å². The number of nitrogens with zero attached hydrogens (tertiary/aromatic N) is 4. The summed E-state index contributed by atoms with van der Waals surface area (Å²) >= 11 is 1.21. The van der Waals surface area contributed by atoms with E-state index in [9.17, 15) is 4.79 Å². The summed E-state index contributed by atoms with van der Waals surface area (Å²) in [4.78, 5) is 18.5. The van der Waals surface area contributed by atoms with E-state index in [1.54, 1.807) is 24.5 Å². The van der Waals surface area contributed by atoms with Crippen LogP contribution in [0.4, 0.5) is 5.69 Å². The summed E-state index contributed by atoms with van der Waals surface area (Å²) in [6, 6.07) is 11.3. The van der Waals surface area contributed by atoms with Gasteiger partial charge in [0.15, 0.2) is 16.6 Å². The van der Waals surface area contributed by atoms with Crippen LogP contribution in [0.1, 0.15) is 11.3 Å². The van der Waals surface area contributed by atoms with Gasteiger partial charge >= 0.3 is 0 Å². The van der Waals surface area contributed by atoms with Gasteiger partial charge in [-0.1, -0.05) is 12.1 Å². The lowest BCUT2D eigenvalue weighted by Crippen LogP contribution is -2.35. The molecule has 1 aromatic heterocycles. The summed E-state index contributed by atoms with van der Waals surface area (Å²) in [5.74, 6) is 0.143. The normalized spacial score (nSPS) is 18.1. The van der Waals surface area contributed by atoms with Crippen LogP contribution in [0.5, 0.6) is 0 Å². The maximum Gasteiger partial charge on any atom is 0.283 e. The van der Waals surface area contributed by atoms with Crippen LogP contribution in [0.3, 0.4) is 0 Å². The second-order valence-corrected chi connectivity index (χ2v) is 6.84. The molecule has 1 N–H and O–H groups in total. The zero-order chi connectivity index (χ0) is 18.3. The van der Waals surface area contributed by atoms with Gasteiger partial charge in [0.1, 0.15) is 0 Å². The van der Waals surface area contributed by atoms with Crippen molar-refractivity contribution in [3.8, 4) is 0 Å². The van der Waals surface area contributed by atoms with Crippen molar-refractivity contribution in [1.82, 2.24) is 5.01 Å². The molecule has 2 aromatic rings. The molecule has 2 aliphatic rings. The number of nitrogens with one attached hydrogen (secondary N) is 1. The number of furan rings is 1. The van der Waals surface area contributed by atoms with E-state index in [4.69, 9.17) is 9.83 Å². The van der Waals surface area contributed by atoms with Gasteiger partial charge in [-0.05, 0) is 47.7 Å². The molecule has 4 rings (SSSR count). The molecule has 0 atom stereocenters. The number of fused-ring (bicyclic) bond motifs is 1. The fraction of sp³-hybridized carbons (Fsp3) is 0.111. The van der Waals surface area contributed by atoms with Crippen molar-refractivity contribution in [3.63, 3.8) is 0 Å². The smallest absolute Gasteiger partial charge is 0.283 e. The standard InChI is InChI=1S/C18H15N5O2S/c1-22(2)12-7-5-11(6-8-12)10-13-15(19)23-18(20-16(13)24)26-17(21-23)14-4-3-9-25-14/h3-10,19H,1-2H3. The zero-order valence-corrected chi connectivity index (χ0v) is 14.9. The lowest BCUT2D eigenvalue weighted by molar-refractivity contribution is -0.114. The van der Waals surface area contributed by atoms with Gasteiger partial charge in [-0.2, -0.15) is 15.1 Å². The van der Waals surface area contributed by atoms with E-state index in [0.29, 0.717) is 16.0 Å². The van der Waals surface area contributed by atoms with Gasteiger partial charge in [-0.3, -0.25) is 10.2 Å². The number of benzene rings is 1. The fourth-order valence-electron chi connectivity index (χ4n) is 2.53. The minimum atomic E-state index is -0.443. The molecule has 8 heteroatoms. The highest BCUT2D eigenvalue weighted by Gasteiger charge is 2.36. The van der Waals surface area contributed by atoms with Gasteiger partial charge in [0.25, 0.3) is 5.91 Å². The molecular weight excluding hydrogens is 350 g/mol. The highest BCUT2D eigenvalue weighted by Crippen LogP contribution is 2.31. The van der Waals surface area contributed by atoms with Crippen LogP contribution < -0.4 is 4.90 Å². The number of carbonyl (C=O) groups excluding carboxylic acids is 1. The summed E-state index contributed by atoms with van der Waals surface area (Å²) in [5, 5.41) is 15.0. The summed E-state index contributed by atoms with van der Waals surface area (Å²) in [7, 11) is 3.92. The van der Waals surface area contributed by atoms with E-state index >= 15 is 0 Å². The molecule has 0 spiro atoms. The lowest BCUT2D eigenvalue weighted by Gasteiger charge is -2.20. The van der Waals surface area contributed by atoms with Crippen LogP contribution in [-0.4, -0.2) is 41.1 Å². The molecule has 1 amide bonds. The Bertz CT molecular complexity index is 972. The maximum atomic E-state index is 12.4. The zero-order valence-electron chi connectivity index (χ0n) is 14.1. The first-order valence-electron chi connectivity index (χ1n) is 7.84. The van der Waals surface area contributed by atoms with E-state index in [1.807, 2.05) is 43.3 Å².